The van der Waals surface area contributed by atoms with E-state index in [1.807, 2.05) is 0 Å². The maximum atomic E-state index is 12.9. The van der Waals surface area contributed by atoms with Gasteiger partial charge in [-0.15, -0.1) is 0 Å². The molecule has 0 aliphatic rings. The average molecular weight is 456 g/mol. The van der Waals surface area contributed by atoms with Crippen LogP contribution in [-0.2, 0) is 26.1 Å². The van der Waals surface area contributed by atoms with E-state index in [1.165, 1.54) is 55.6 Å². The summed E-state index contributed by atoms with van der Waals surface area (Å²) in [5.41, 5.74) is 1.16. The number of nitrogens with zero attached hydrogens (tertiary/aromatic N) is 1. The lowest BCUT2D eigenvalue weighted by Crippen LogP contribution is -2.28. The highest BCUT2D eigenvalue weighted by Gasteiger charge is 2.22. The molecule has 3 aromatic rings. The van der Waals surface area contributed by atoms with Crippen LogP contribution in [0.2, 0.25) is 0 Å². The Labute approximate surface area is 185 Å². The van der Waals surface area contributed by atoms with Crippen molar-refractivity contribution in [2.24, 2.45) is 0 Å². The van der Waals surface area contributed by atoms with Gasteiger partial charge in [0, 0.05) is 13.6 Å². The van der Waals surface area contributed by atoms with Crippen LogP contribution in [0.25, 0.3) is 0 Å². The molecular formula is C23H21FN2O5S. The molecule has 0 aliphatic heterocycles. The van der Waals surface area contributed by atoms with E-state index in [1.54, 1.807) is 30.3 Å². The number of halogens is 1. The Kier molecular flexibility index (Phi) is 7.21. The number of esters is 1. The Bertz CT molecular complexity index is 1200. The van der Waals surface area contributed by atoms with Crippen LogP contribution in [0.15, 0.2) is 83.8 Å². The third kappa shape index (κ3) is 5.70. The summed E-state index contributed by atoms with van der Waals surface area (Å²) < 4.78 is 44.8. The van der Waals surface area contributed by atoms with Crippen molar-refractivity contribution in [2.45, 2.75) is 11.4 Å². The molecule has 7 nitrogen and oxygen atoms in total. The van der Waals surface area contributed by atoms with Crippen molar-refractivity contribution in [3.8, 4) is 0 Å². The second-order valence-electron chi connectivity index (χ2n) is 6.82. The van der Waals surface area contributed by atoms with Gasteiger partial charge in [-0.2, -0.15) is 0 Å². The number of carbonyl (C=O) groups excluding carboxylic acids is 2. The van der Waals surface area contributed by atoms with Crippen LogP contribution < -0.4 is 9.62 Å². The molecule has 0 aromatic heterocycles. The molecule has 0 atom stereocenters. The van der Waals surface area contributed by atoms with Gasteiger partial charge >= 0.3 is 5.97 Å². The van der Waals surface area contributed by atoms with Gasteiger partial charge in [0.2, 0.25) is 0 Å². The first-order valence-electron chi connectivity index (χ1n) is 9.59. The fourth-order valence-electron chi connectivity index (χ4n) is 2.79. The summed E-state index contributed by atoms with van der Waals surface area (Å²) in [5, 5.41) is 2.55. The van der Waals surface area contributed by atoms with Gasteiger partial charge in [-0.05, 0) is 48.0 Å². The second-order valence-corrected chi connectivity index (χ2v) is 8.78. The number of hydrogen-bond donors (Lipinski definition) is 1. The first kappa shape index (κ1) is 23.0. The third-order valence-corrected chi connectivity index (χ3v) is 6.37. The van der Waals surface area contributed by atoms with Gasteiger partial charge in [-0.1, -0.05) is 36.4 Å². The first-order valence-corrected chi connectivity index (χ1v) is 11.0. The summed E-state index contributed by atoms with van der Waals surface area (Å²) in [4.78, 5) is 24.2. The molecule has 9 heteroatoms. The van der Waals surface area contributed by atoms with Crippen molar-refractivity contribution in [3.05, 3.63) is 95.8 Å². The lowest BCUT2D eigenvalue weighted by molar-refractivity contribution is -0.124. The number of carbonyl (C=O) groups is 2. The van der Waals surface area contributed by atoms with Crippen molar-refractivity contribution in [1.29, 1.82) is 0 Å². The van der Waals surface area contributed by atoms with Gasteiger partial charge < -0.3 is 10.1 Å². The molecule has 0 unspecified atom stereocenters. The van der Waals surface area contributed by atoms with E-state index in [0.29, 0.717) is 11.3 Å². The number of anilines is 1. The molecule has 0 aliphatic carbocycles. The lowest BCUT2D eigenvalue weighted by Gasteiger charge is -2.19. The number of para-hydroxylation sites is 1. The van der Waals surface area contributed by atoms with Gasteiger partial charge in [-0.3, -0.25) is 9.10 Å². The van der Waals surface area contributed by atoms with E-state index < -0.39 is 28.5 Å². The number of hydrogen-bond acceptors (Lipinski definition) is 5. The number of rotatable bonds is 8. The average Bonchev–Trinajstić information content (AvgIpc) is 2.82. The van der Waals surface area contributed by atoms with E-state index in [4.69, 9.17) is 4.74 Å². The quantitative estimate of drug-likeness (QED) is 0.526. The molecule has 0 saturated heterocycles. The largest absolute Gasteiger partial charge is 0.452 e. The van der Waals surface area contributed by atoms with Crippen molar-refractivity contribution >= 4 is 27.6 Å². The molecule has 32 heavy (non-hydrogen) atoms. The summed E-state index contributed by atoms with van der Waals surface area (Å²) in [6.07, 6.45) is 0. The van der Waals surface area contributed by atoms with Crippen LogP contribution in [0.5, 0.6) is 0 Å². The lowest BCUT2D eigenvalue weighted by atomic mass is 10.2. The Morgan fingerprint density at radius 3 is 2.34 bits per heavy atom. The number of benzene rings is 3. The molecule has 0 spiro atoms. The predicted molar refractivity (Wildman–Crippen MR) is 117 cm³/mol. The maximum absolute atomic E-state index is 12.9. The van der Waals surface area contributed by atoms with Crippen molar-refractivity contribution < 1.29 is 27.1 Å². The number of nitrogens with one attached hydrogen (secondary N) is 1. The minimum absolute atomic E-state index is 0.00105. The zero-order chi connectivity index (χ0) is 23.1. The molecule has 0 radical (unpaired) electrons. The molecule has 0 fully saturated rings. The summed E-state index contributed by atoms with van der Waals surface area (Å²) >= 11 is 0. The van der Waals surface area contributed by atoms with Gasteiger partial charge in [0.1, 0.15) is 5.82 Å². The molecule has 1 amide bonds. The van der Waals surface area contributed by atoms with Gasteiger partial charge in [0.25, 0.3) is 15.9 Å². The van der Waals surface area contributed by atoms with Crippen LogP contribution in [0, 0.1) is 5.82 Å². The van der Waals surface area contributed by atoms with E-state index >= 15 is 0 Å². The maximum Gasteiger partial charge on any atom is 0.338 e. The molecule has 0 saturated carbocycles. The van der Waals surface area contributed by atoms with Gasteiger partial charge in [-0.25, -0.2) is 17.6 Å². The SMILES string of the molecule is CN(c1ccccc1)S(=O)(=O)c1cccc(C(=O)OCC(=O)NCc2ccc(F)cc2)c1. The Balaban J connectivity index is 1.61. The number of amides is 1. The molecule has 0 bridgehead atoms. The topological polar surface area (TPSA) is 92.8 Å². The predicted octanol–water partition coefficient (Wildman–Crippen LogP) is 3.12. The van der Waals surface area contributed by atoms with E-state index in [-0.39, 0.29) is 22.8 Å². The van der Waals surface area contributed by atoms with Crippen LogP contribution >= 0.6 is 0 Å². The van der Waals surface area contributed by atoms with Gasteiger partial charge in [0.15, 0.2) is 6.61 Å². The van der Waals surface area contributed by atoms with Crippen LogP contribution in [0.1, 0.15) is 15.9 Å². The van der Waals surface area contributed by atoms with Crippen molar-refractivity contribution in [1.82, 2.24) is 5.32 Å². The number of sulfonamides is 1. The third-order valence-electron chi connectivity index (χ3n) is 4.59. The fourth-order valence-corrected chi connectivity index (χ4v) is 4.03. The normalized spacial score (nSPS) is 10.9. The molecule has 3 rings (SSSR count). The zero-order valence-electron chi connectivity index (χ0n) is 17.2. The fraction of sp³-hybridized carbons (Fsp3) is 0.130. The highest BCUT2D eigenvalue weighted by Crippen LogP contribution is 2.22. The molecule has 166 valence electrons. The van der Waals surface area contributed by atoms with E-state index in [2.05, 4.69) is 5.32 Å². The standard InChI is InChI=1S/C23H21FN2O5S/c1-26(20-7-3-2-4-8-20)32(29,30)21-9-5-6-18(14-21)23(28)31-16-22(27)25-15-17-10-12-19(24)13-11-17/h2-14H,15-16H2,1H3,(H,25,27). The highest BCUT2D eigenvalue weighted by molar-refractivity contribution is 7.92. The van der Waals surface area contributed by atoms with Crippen LogP contribution in [-0.4, -0.2) is 33.9 Å². The van der Waals surface area contributed by atoms with E-state index in [0.717, 1.165) is 4.31 Å². The van der Waals surface area contributed by atoms with Crippen LogP contribution in [0.4, 0.5) is 10.1 Å². The second kappa shape index (κ2) is 10.1. The Hall–Kier alpha value is -3.72. The summed E-state index contributed by atoms with van der Waals surface area (Å²) in [7, 11) is -2.48. The summed E-state index contributed by atoms with van der Waals surface area (Å²) in [6, 6.07) is 19.5. The van der Waals surface area contributed by atoms with Crippen molar-refractivity contribution in [3.63, 3.8) is 0 Å². The highest BCUT2D eigenvalue weighted by atomic mass is 32.2. The van der Waals surface area contributed by atoms with E-state index in [9.17, 15) is 22.4 Å². The van der Waals surface area contributed by atoms with Crippen molar-refractivity contribution in [2.75, 3.05) is 18.0 Å². The summed E-state index contributed by atoms with van der Waals surface area (Å²) in [5.74, 6) is -1.76. The Morgan fingerprint density at radius 2 is 1.66 bits per heavy atom. The zero-order valence-corrected chi connectivity index (χ0v) is 18.0. The minimum Gasteiger partial charge on any atom is -0.452 e. The summed E-state index contributed by atoms with van der Waals surface area (Å²) in [6.45, 7) is -0.392. The monoisotopic (exact) mass is 456 g/mol. The molecular weight excluding hydrogens is 435 g/mol. The number of ether oxygens (including phenoxy) is 1. The molecule has 0 heterocycles. The molecule has 1 N–H and O–H groups in total. The Morgan fingerprint density at radius 1 is 0.969 bits per heavy atom. The smallest absolute Gasteiger partial charge is 0.338 e. The van der Waals surface area contributed by atoms with Gasteiger partial charge in [0.05, 0.1) is 16.1 Å². The van der Waals surface area contributed by atoms with Crippen LogP contribution in [0.3, 0.4) is 0 Å². The molecule has 3 aromatic carbocycles. The first-order chi connectivity index (χ1) is 15.3. The minimum atomic E-state index is -3.90.